The Morgan fingerprint density at radius 3 is 3.06 bits per heavy atom. The molecule has 0 bridgehead atoms. The predicted molar refractivity (Wildman–Crippen MR) is 70.2 cm³/mol. The van der Waals surface area contributed by atoms with Crippen LogP contribution < -0.4 is 5.32 Å². The van der Waals surface area contributed by atoms with Crippen LogP contribution in [-0.2, 0) is 9.47 Å². The first-order valence-corrected chi connectivity index (χ1v) is 7.07. The highest BCUT2D eigenvalue weighted by atomic mass is 32.1. The number of aromatic nitrogens is 1. The number of rotatable bonds is 6. The van der Waals surface area contributed by atoms with Crippen molar-refractivity contribution in [2.24, 2.45) is 0 Å². The van der Waals surface area contributed by atoms with E-state index < -0.39 is 5.97 Å². The molecular weight excluding hydrogens is 252 g/mol. The van der Waals surface area contributed by atoms with E-state index in [1.165, 1.54) is 44.1 Å². The molecule has 1 aliphatic rings. The van der Waals surface area contributed by atoms with E-state index in [0.29, 0.717) is 24.9 Å². The zero-order valence-electron chi connectivity index (χ0n) is 10.5. The molecule has 0 spiro atoms. The van der Waals surface area contributed by atoms with E-state index in [9.17, 15) is 4.79 Å². The average Bonchev–Trinajstić information content (AvgIpc) is 3.05. The third kappa shape index (κ3) is 3.68. The summed E-state index contributed by atoms with van der Waals surface area (Å²) in [5.74, 6) is -0.401. The molecule has 1 fully saturated rings. The summed E-state index contributed by atoms with van der Waals surface area (Å²) in [6, 6.07) is 0. The smallest absolute Gasteiger partial charge is 0.357 e. The number of hydrogen-bond acceptors (Lipinski definition) is 6. The Kier molecular flexibility index (Phi) is 4.95. The van der Waals surface area contributed by atoms with Crippen molar-refractivity contribution < 1.29 is 14.3 Å². The van der Waals surface area contributed by atoms with E-state index in [0.717, 1.165) is 5.13 Å². The second-order valence-electron chi connectivity index (χ2n) is 4.23. The molecule has 1 saturated carbocycles. The van der Waals surface area contributed by atoms with E-state index in [2.05, 4.69) is 15.0 Å². The number of ether oxygens (including phenoxy) is 2. The molecule has 0 aliphatic heterocycles. The monoisotopic (exact) mass is 270 g/mol. The summed E-state index contributed by atoms with van der Waals surface area (Å²) in [4.78, 5) is 15.3. The Labute approximate surface area is 111 Å². The van der Waals surface area contributed by atoms with Gasteiger partial charge in [-0.2, -0.15) is 0 Å². The minimum absolute atomic E-state index is 0.349. The van der Waals surface area contributed by atoms with Crippen LogP contribution in [0.25, 0.3) is 0 Å². The van der Waals surface area contributed by atoms with Crippen molar-refractivity contribution in [3.05, 3.63) is 11.1 Å². The number of thiazole rings is 1. The quantitative estimate of drug-likeness (QED) is 0.635. The van der Waals surface area contributed by atoms with Crippen LogP contribution in [0.2, 0.25) is 0 Å². The highest BCUT2D eigenvalue weighted by Crippen LogP contribution is 2.21. The number of nitrogens with zero attached hydrogens (tertiary/aromatic N) is 1. The van der Waals surface area contributed by atoms with Crippen molar-refractivity contribution in [1.82, 2.24) is 4.98 Å². The van der Waals surface area contributed by atoms with Gasteiger partial charge in [0.05, 0.1) is 19.8 Å². The van der Waals surface area contributed by atoms with Gasteiger partial charge in [0.2, 0.25) is 0 Å². The minimum atomic E-state index is -0.401. The Morgan fingerprint density at radius 2 is 2.33 bits per heavy atom. The van der Waals surface area contributed by atoms with Gasteiger partial charge in [0, 0.05) is 11.9 Å². The van der Waals surface area contributed by atoms with Crippen molar-refractivity contribution in [2.45, 2.75) is 31.8 Å². The number of methoxy groups -OCH3 is 1. The number of carbonyl (C=O) groups excluding carboxylic acids is 1. The highest BCUT2D eigenvalue weighted by molar-refractivity contribution is 7.13. The topological polar surface area (TPSA) is 60.5 Å². The predicted octanol–water partition coefficient (Wildman–Crippen LogP) is 2.30. The van der Waals surface area contributed by atoms with Crippen LogP contribution in [0, 0.1) is 0 Å². The Morgan fingerprint density at radius 1 is 1.56 bits per heavy atom. The summed E-state index contributed by atoms with van der Waals surface area (Å²) in [6.45, 7) is 1.39. The lowest BCUT2D eigenvalue weighted by Gasteiger charge is -2.10. The second kappa shape index (κ2) is 6.70. The molecule has 0 atom stereocenters. The van der Waals surface area contributed by atoms with Crippen LogP contribution >= 0.6 is 11.3 Å². The molecule has 1 N–H and O–H groups in total. The van der Waals surface area contributed by atoms with Crippen molar-refractivity contribution in [3.8, 4) is 0 Å². The summed E-state index contributed by atoms with van der Waals surface area (Å²) < 4.78 is 10.3. The third-order valence-corrected chi connectivity index (χ3v) is 3.73. The van der Waals surface area contributed by atoms with Gasteiger partial charge >= 0.3 is 5.97 Å². The van der Waals surface area contributed by atoms with Gasteiger partial charge in [0.1, 0.15) is 0 Å². The average molecular weight is 270 g/mol. The molecule has 1 aromatic rings. The maximum atomic E-state index is 11.2. The summed E-state index contributed by atoms with van der Waals surface area (Å²) in [5, 5.41) is 5.56. The van der Waals surface area contributed by atoms with Crippen LogP contribution in [0.15, 0.2) is 5.38 Å². The van der Waals surface area contributed by atoms with Gasteiger partial charge in [0.15, 0.2) is 10.8 Å². The van der Waals surface area contributed by atoms with E-state index in [1.807, 2.05) is 0 Å². The Balaban J connectivity index is 1.66. The summed E-state index contributed by atoms with van der Waals surface area (Å²) >= 11 is 1.40. The Bertz CT molecular complexity index is 388. The minimum Gasteiger partial charge on any atom is -0.464 e. The molecule has 1 heterocycles. The van der Waals surface area contributed by atoms with Crippen molar-refractivity contribution in [2.75, 3.05) is 25.6 Å². The van der Waals surface area contributed by atoms with Crippen LogP contribution in [-0.4, -0.2) is 37.3 Å². The molecule has 0 amide bonds. The van der Waals surface area contributed by atoms with Gasteiger partial charge in [-0.15, -0.1) is 11.3 Å². The first kappa shape index (κ1) is 13.3. The summed E-state index contributed by atoms with van der Waals surface area (Å²) in [7, 11) is 1.35. The number of carbonyl (C=O) groups is 1. The molecule has 100 valence electrons. The molecule has 18 heavy (non-hydrogen) atoms. The number of anilines is 1. The number of esters is 1. The molecule has 5 nitrogen and oxygen atoms in total. The zero-order valence-corrected chi connectivity index (χ0v) is 11.3. The first-order chi connectivity index (χ1) is 8.79. The van der Waals surface area contributed by atoms with Gasteiger partial charge in [-0.05, 0) is 12.8 Å². The van der Waals surface area contributed by atoms with Gasteiger partial charge in [-0.1, -0.05) is 12.8 Å². The molecule has 1 aliphatic carbocycles. The van der Waals surface area contributed by atoms with Gasteiger partial charge in [-0.3, -0.25) is 0 Å². The van der Waals surface area contributed by atoms with E-state index in [-0.39, 0.29) is 0 Å². The summed E-state index contributed by atoms with van der Waals surface area (Å²) in [6.07, 6.45) is 5.38. The zero-order chi connectivity index (χ0) is 12.8. The molecule has 0 saturated heterocycles. The van der Waals surface area contributed by atoms with Gasteiger partial charge in [-0.25, -0.2) is 9.78 Å². The van der Waals surface area contributed by atoms with Crippen molar-refractivity contribution in [3.63, 3.8) is 0 Å². The highest BCUT2D eigenvalue weighted by Gasteiger charge is 2.15. The lowest BCUT2D eigenvalue weighted by Crippen LogP contribution is -2.15. The van der Waals surface area contributed by atoms with Crippen LogP contribution in [0.4, 0.5) is 5.13 Å². The third-order valence-electron chi connectivity index (χ3n) is 2.93. The van der Waals surface area contributed by atoms with Crippen molar-refractivity contribution >= 4 is 22.4 Å². The molecule has 1 aromatic heterocycles. The van der Waals surface area contributed by atoms with Crippen LogP contribution in [0.1, 0.15) is 36.2 Å². The summed E-state index contributed by atoms with van der Waals surface area (Å²) in [5.41, 5.74) is 0.349. The second-order valence-corrected chi connectivity index (χ2v) is 5.09. The van der Waals surface area contributed by atoms with Crippen molar-refractivity contribution in [1.29, 1.82) is 0 Å². The fourth-order valence-electron chi connectivity index (χ4n) is 1.99. The van der Waals surface area contributed by atoms with E-state index in [4.69, 9.17) is 4.74 Å². The SMILES string of the molecule is COC(=O)c1csc(NCCOC2CCCC2)n1. The number of hydrogen-bond donors (Lipinski definition) is 1. The standard InChI is InChI=1S/C12H18N2O3S/c1-16-11(15)10-8-18-12(14-10)13-6-7-17-9-4-2-3-5-9/h8-9H,2-7H2,1H3,(H,13,14). The maximum absolute atomic E-state index is 11.2. The molecule has 0 radical (unpaired) electrons. The Hall–Kier alpha value is -1.14. The fraction of sp³-hybridized carbons (Fsp3) is 0.667. The van der Waals surface area contributed by atoms with Gasteiger partial charge in [0.25, 0.3) is 0 Å². The van der Waals surface area contributed by atoms with Gasteiger partial charge < -0.3 is 14.8 Å². The van der Waals surface area contributed by atoms with Crippen LogP contribution in [0.3, 0.4) is 0 Å². The van der Waals surface area contributed by atoms with E-state index in [1.54, 1.807) is 5.38 Å². The molecule has 6 heteroatoms. The lowest BCUT2D eigenvalue weighted by molar-refractivity contribution is 0.0595. The molecule has 0 unspecified atom stereocenters. The lowest BCUT2D eigenvalue weighted by atomic mass is 10.3. The van der Waals surface area contributed by atoms with Crippen LogP contribution in [0.5, 0.6) is 0 Å². The number of nitrogens with one attached hydrogen (secondary N) is 1. The first-order valence-electron chi connectivity index (χ1n) is 6.19. The fourth-order valence-corrected chi connectivity index (χ4v) is 2.70. The molecule has 0 aromatic carbocycles. The normalized spacial score (nSPS) is 15.8. The molecular formula is C12H18N2O3S. The van der Waals surface area contributed by atoms with E-state index >= 15 is 0 Å². The molecule has 2 rings (SSSR count). The largest absolute Gasteiger partial charge is 0.464 e. The maximum Gasteiger partial charge on any atom is 0.357 e.